The van der Waals surface area contributed by atoms with Crippen LogP contribution in [0.4, 0.5) is 0 Å². The van der Waals surface area contributed by atoms with Gasteiger partial charge in [0.1, 0.15) is 12.6 Å². The SMILES string of the molecule is C=CCOC(=O)[C@@H]1[C@@H]2CC(C)C3(S2)C(C(=O)N(CC=C)CCN2CCOCC2)N(CCCCCCO)C(=O)[C@H]13. The van der Waals surface area contributed by atoms with Gasteiger partial charge in [-0.25, -0.2) is 0 Å². The summed E-state index contributed by atoms with van der Waals surface area (Å²) in [6, 6.07) is -0.625. The zero-order chi connectivity index (χ0) is 28.0. The first-order valence-corrected chi connectivity index (χ1v) is 15.3. The molecule has 6 atom stereocenters. The molecule has 3 unspecified atom stereocenters. The Bertz CT molecular complexity index is 911. The summed E-state index contributed by atoms with van der Waals surface area (Å²) in [6.45, 7) is 15.2. The van der Waals surface area contributed by atoms with E-state index in [0.29, 0.717) is 32.8 Å². The van der Waals surface area contributed by atoms with Gasteiger partial charge in [0.05, 0.1) is 29.8 Å². The van der Waals surface area contributed by atoms with Crippen LogP contribution >= 0.6 is 11.8 Å². The summed E-state index contributed by atoms with van der Waals surface area (Å²) in [5.41, 5.74) is 0. The summed E-state index contributed by atoms with van der Waals surface area (Å²) in [5.74, 6) is -1.49. The fourth-order valence-electron chi connectivity index (χ4n) is 7.00. The third-order valence-corrected chi connectivity index (χ3v) is 10.9. The van der Waals surface area contributed by atoms with Crippen LogP contribution in [0.25, 0.3) is 0 Å². The zero-order valence-corrected chi connectivity index (χ0v) is 24.1. The average molecular weight is 564 g/mol. The van der Waals surface area contributed by atoms with E-state index in [2.05, 4.69) is 25.0 Å². The van der Waals surface area contributed by atoms with Gasteiger partial charge in [0.15, 0.2) is 0 Å². The fraction of sp³-hybridized carbons (Fsp3) is 0.759. The van der Waals surface area contributed by atoms with E-state index in [1.807, 2.05) is 4.90 Å². The Morgan fingerprint density at radius 2 is 1.92 bits per heavy atom. The van der Waals surface area contributed by atoms with Crippen molar-refractivity contribution in [2.45, 2.75) is 55.1 Å². The van der Waals surface area contributed by atoms with Gasteiger partial charge >= 0.3 is 5.97 Å². The maximum absolute atomic E-state index is 14.5. The Kier molecular flexibility index (Phi) is 10.5. The van der Waals surface area contributed by atoms with E-state index in [0.717, 1.165) is 51.7 Å². The largest absolute Gasteiger partial charge is 0.461 e. The Morgan fingerprint density at radius 3 is 2.62 bits per heavy atom. The number of nitrogens with zero attached hydrogens (tertiary/aromatic N) is 3. The Morgan fingerprint density at radius 1 is 1.18 bits per heavy atom. The third-order valence-electron chi connectivity index (χ3n) is 8.85. The number of morpholine rings is 1. The molecule has 39 heavy (non-hydrogen) atoms. The minimum atomic E-state index is -0.653. The maximum atomic E-state index is 14.5. The normalized spacial score (nSPS) is 31.8. The van der Waals surface area contributed by atoms with Gasteiger partial charge in [-0.1, -0.05) is 38.5 Å². The quantitative estimate of drug-likeness (QED) is 0.183. The number of hydrogen-bond acceptors (Lipinski definition) is 8. The van der Waals surface area contributed by atoms with Crippen LogP contribution in [0, 0.1) is 17.8 Å². The van der Waals surface area contributed by atoms with Crippen LogP contribution in [0.2, 0.25) is 0 Å². The third kappa shape index (κ3) is 5.94. The number of rotatable bonds is 15. The number of carbonyl (C=O) groups excluding carboxylic acids is 3. The highest BCUT2D eigenvalue weighted by atomic mass is 32.2. The van der Waals surface area contributed by atoms with Crippen molar-refractivity contribution in [3.8, 4) is 0 Å². The second-order valence-electron chi connectivity index (χ2n) is 11.2. The predicted octanol–water partition coefficient (Wildman–Crippen LogP) is 1.95. The minimum Gasteiger partial charge on any atom is -0.461 e. The van der Waals surface area contributed by atoms with Crippen molar-refractivity contribution in [2.24, 2.45) is 17.8 Å². The number of likely N-dealkylation sites (tertiary alicyclic amines) is 1. The minimum absolute atomic E-state index is 0.0329. The first kappa shape index (κ1) is 30.1. The fourth-order valence-corrected chi connectivity index (χ4v) is 9.40. The Labute approximate surface area is 236 Å². The van der Waals surface area contributed by atoms with Crippen LogP contribution < -0.4 is 0 Å². The summed E-state index contributed by atoms with van der Waals surface area (Å²) < 4.78 is 10.3. The average Bonchev–Trinajstić information content (AvgIpc) is 3.53. The lowest BCUT2D eigenvalue weighted by Crippen LogP contribution is -2.58. The molecule has 2 bridgehead atoms. The van der Waals surface area contributed by atoms with Crippen LogP contribution in [0.5, 0.6) is 0 Å². The van der Waals surface area contributed by atoms with Gasteiger partial charge in [-0.3, -0.25) is 19.3 Å². The standard InChI is InChI=1S/C29H45N3O6S/c1-4-10-31(13-12-30-14-18-37-19-15-30)27(35)25-29-21(3)20-22(39-29)23(28(36)38-17-5-2)24(29)26(34)32(25)11-8-6-7-9-16-33/h4-5,21-25,33H,1-2,6-20H2,3H3/t21?,22-,23+,24-,25?,29?/m0/s1. The summed E-state index contributed by atoms with van der Waals surface area (Å²) >= 11 is 1.68. The molecule has 4 aliphatic heterocycles. The molecule has 0 aromatic heterocycles. The highest BCUT2D eigenvalue weighted by molar-refractivity contribution is 8.02. The number of hydrogen-bond donors (Lipinski definition) is 1. The van der Waals surface area contributed by atoms with E-state index >= 15 is 0 Å². The Balaban J connectivity index is 1.61. The van der Waals surface area contributed by atoms with Crippen LogP contribution in [0.1, 0.15) is 39.0 Å². The molecular formula is C29H45N3O6S. The van der Waals surface area contributed by atoms with Crippen molar-refractivity contribution in [3.63, 3.8) is 0 Å². The molecule has 4 rings (SSSR count). The second-order valence-corrected chi connectivity index (χ2v) is 12.7. The lowest BCUT2D eigenvalue weighted by molar-refractivity contribution is -0.153. The van der Waals surface area contributed by atoms with E-state index in [1.54, 1.807) is 28.8 Å². The van der Waals surface area contributed by atoms with Crippen LogP contribution in [-0.4, -0.2) is 119 Å². The topological polar surface area (TPSA) is 99.6 Å². The molecule has 1 spiro atoms. The van der Waals surface area contributed by atoms with Crippen molar-refractivity contribution in [3.05, 3.63) is 25.3 Å². The molecule has 0 saturated carbocycles. The first-order chi connectivity index (χ1) is 18.9. The predicted molar refractivity (Wildman–Crippen MR) is 151 cm³/mol. The molecular weight excluding hydrogens is 518 g/mol. The highest BCUT2D eigenvalue weighted by Gasteiger charge is 2.76. The monoisotopic (exact) mass is 563 g/mol. The molecule has 1 N–H and O–H groups in total. The molecule has 2 amide bonds. The van der Waals surface area contributed by atoms with E-state index in [-0.39, 0.29) is 42.2 Å². The van der Waals surface area contributed by atoms with E-state index < -0.39 is 22.6 Å². The molecule has 4 heterocycles. The van der Waals surface area contributed by atoms with Crippen LogP contribution in [0.15, 0.2) is 25.3 Å². The van der Waals surface area contributed by atoms with E-state index in [9.17, 15) is 14.4 Å². The van der Waals surface area contributed by atoms with Crippen molar-refractivity contribution in [1.29, 1.82) is 0 Å². The number of amides is 2. The summed E-state index contributed by atoms with van der Waals surface area (Å²) in [6.07, 6.45) is 7.29. The van der Waals surface area contributed by atoms with E-state index in [4.69, 9.17) is 14.6 Å². The molecule has 4 saturated heterocycles. The zero-order valence-electron chi connectivity index (χ0n) is 23.3. The molecule has 9 nitrogen and oxygen atoms in total. The number of carbonyl (C=O) groups is 3. The lowest BCUT2D eigenvalue weighted by Gasteiger charge is -2.41. The molecule has 4 fully saturated rings. The highest BCUT2D eigenvalue weighted by Crippen LogP contribution is 2.68. The molecule has 4 aliphatic rings. The van der Waals surface area contributed by atoms with Gasteiger partial charge in [-0.15, -0.1) is 18.3 Å². The number of unbranched alkanes of at least 4 members (excludes halogenated alkanes) is 3. The van der Waals surface area contributed by atoms with Crippen molar-refractivity contribution in [1.82, 2.24) is 14.7 Å². The van der Waals surface area contributed by atoms with Gasteiger partial charge in [0.25, 0.3) is 0 Å². The Hall–Kier alpha value is -1.88. The van der Waals surface area contributed by atoms with Gasteiger partial charge < -0.3 is 24.4 Å². The number of esters is 1. The van der Waals surface area contributed by atoms with Gasteiger partial charge in [-0.05, 0) is 25.2 Å². The summed E-state index contributed by atoms with van der Waals surface area (Å²) in [5, 5.41) is 9.12. The van der Waals surface area contributed by atoms with Crippen molar-refractivity contribution in [2.75, 3.05) is 65.7 Å². The maximum Gasteiger partial charge on any atom is 0.311 e. The second kappa shape index (κ2) is 13.7. The van der Waals surface area contributed by atoms with Gasteiger partial charge in [-0.2, -0.15) is 0 Å². The molecule has 0 aromatic carbocycles. The number of aliphatic hydroxyl groups excluding tert-OH is 1. The molecule has 0 radical (unpaired) electrons. The summed E-state index contributed by atoms with van der Waals surface area (Å²) in [4.78, 5) is 47.8. The molecule has 10 heteroatoms. The number of fused-ring (bicyclic) bond motifs is 1. The van der Waals surface area contributed by atoms with Crippen molar-refractivity contribution >= 4 is 29.5 Å². The van der Waals surface area contributed by atoms with Gasteiger partial charge in [0.2, 0.25) is 11.8 Å². The number of ether oxygens (including phenoxy) is 2. The number of thioether (sulfide) groups is 1. The smallest absolute Gasteiger partial charge is 0.311 e. The van der Waals surface area contributed by atoms with Crippen molar-refractivity contribution < 1.29 is 29.0 Å². The molecule has 0 aliphatic carbocycles. The van der Waals surface area contributed by atoms with Gasteiger partial charge in [0, 0.05) is 51.1 Å². The molecule has 0 aromatic rings. The van der Waals surface area contributed by atoms with E-state index in [1.165, 1.54) is 0 Å². The number of aliphatic hydroxyl groups is 1. The summed E-state index contributed by atoms with van der Waals surface area (Å²) in [7, 11) is 0. The van der Waals surface area contributed by atoms with Crippen LogP contribution in [-0.2, 0) is 23.9 Å². The van der Waals surface area contributed by atoms with Crippen LogP contribution in [0.3, 0.4) is 0 Å². The molecule has 218 valence electrons. The first-order valence-electron chi connectivity index (χ1n) is 14.5. The lowest BCUT2D eigenvalue weighted by atomic mass is 9.66.